The lowest BCUT2D eigenvalue weighted by Gasteiger charge is -2.03. The van der Waals surface area contributed by atoms with Gasteiger partial charge >= 0.3 is 5.97 Å². The van der Waals surface area contributed by atoms with Gasteiger partial charge in [0.25, 0.3) is 0 Å². The summed E-state index contributed by atoms with van der Waals surface area (Å²) in [6.45, 7) is 0. The van der Waals surface area contributed by atoms with E-state index in [2.05, 4.69) is 10.9 Å². The summed E-state index contributed by atoms with van der Waals surface area (Å²) in [5.41, 5.74) is 5.39. The number of carbonyl (C=O) groups is 1. The highest BCUT2D eigenvalue weighted by atomic mass is 16.4. The van der Waals surface area contributed by atoms with Crippen LogP contribution in [0.4, 0.5) is 0 Å². The first-order valence-electron chi connectivity index (χ1n) is 4.95. The van der Waals surface area contributed by atoms with Crippen molar-refractivity contribution in [1.29, 1.82) is 0 Å². The Balaban J connectivity index is 2.52. The number of aliphatic carboxylic acids is 1. The Morgan fingerprint density at radius 1 is 1.44 bits per heavy atom. The Bertz CT molecular complexity index is 373. The third-order valence-electron chi connectivity index (χ3n) is 2.32. The SMILES string of the molecule is [NH3+]C(CCc1ccc(/C=N/O)cc1)C(=O)O. The van der Waals surface area contributed by atoms with Gasteiger partial charge in [0.2, 0.25) is 0 Å². The van der Waals surface area contributed by atoms with Crippen LogP contribution in [-0.4, -0.2) is 28.5 Å². The van der Waals surface area contributed by atoms with Gasteiger partial charge in [0.1, 0.15) is 0 Å². The molecule has 0 aliphatic heterocycles. The van der Waals surface area contributed by atoms with E-state index in [1.54, 1.807) is 0 Å². The van der Waals surface area contributed by atoms with Gasteiger partial charge in [-0.05, 0) is 17.5 Å². The smallest absolute Gasteiger partial charge is 0.362 e. The molecule has 0 fully saturated rings. The molecule has 0 aromatic heterocycles. The zero-order valence-electron chi connectivity index (χ0n) is 8.84. The van der Waals surface area contributed by atoms with Gasteiger partial charge in [-0.25, -0.2) is 4.79 Å². The average Bonchev–Trinajstić information content (AvgIpc) is 2.28. The Morgan fingerprint density at radius 3 is 2.56 bits per heavy atom. The van der Waals surface area contributed by atoms with Gasteiger partial charge in [-0.1, -0.05) is 29.4 Å². The van der Waals surface area contributed by atoms with E-state index in [9.17, 15) is 4.79 Å². The number of hydrogen-bond donors (Lipinski definition) is 3. The highest BCUT2D eigenvalue weighted by Crippen LogP contribution is 2.06. The molecule has 16 heavy (non-hydrogen) atoms. The summed E-state index contributed by atoms with van der Waals surface area (Å²) in [5.74, 6) is -0.871. The van der Waals surface area contributed by atoms with Crippen LogP contribution in [0.1, 0.15) is 17.5 Å². The van der Waals surface area contributed by atoms with E-state index in [4.69, 9.17) is 10.3 Å². The second-order valence-corrected chi connectivity index (χ2v) is 3.56. The molecule has 1 aromatic carbocycles. The number of rotatable bonds is 5. The number of carboxylic acid groups (broad SMARTS) is 1. The predicted molar refractivity (Wildman–Crippen MR) is 58.5 cm³/mol. The van der Waals surface area contributed by atoms with E-state index < -0.39 is 12.0 Å². The van der Waals surface area contributed by atoms with Crippen LogP contribution in [0.15, 0.2) is 29.4 Å². The summed E-state index contributed by atoms with van der Waals surface area (Å²) in [7, 11) is 0. The Morgan fingerprint density at radius 2 is 2.06 bits per heavy atom. The van der Waals surface area contributed by atoms with Gasteiger partial charge in [0.15, 0.2) is 6.04 Å². The maximum atomic E-state index is 10.6. The van der Waals surface area contributed by atoms with Crippen molar-refractivity contribution in [3.05, 3.63) is 35.4 Å². The third-order valence-corrected chi connectivity index (χ3v) is 2.32. The fraction of sp³-hybridized carbons (Fsp3) is 0.273. The largest absolute Gasteiger partial charge is 0.477 e. The standard InChI is InChI=1S/C11H14N2O3/c12-10(11(14)15)6-5-8-1-3-9(4-2-8)7-13-16/h1-4,7,10,16H,5-6,12H2,(H,14,15)/p+1/b13-7+. The van der Waals surface area contributed by atoms with Gasteiger partial charge in [-0.15, -0.1) is 0 Å². The van der Waals surface area contributed by atoms with Crippen LogP contribution in [0.25, 0.3) is 0 Å². The topological polar surface area (TPSA) is 97.5 Å². The lowest BCUT2D eigenvalue weighted by molar-refractivity contribution is -0.408. The number of quaternary nitrogens is 1. The molecule has 5 nitrogen and oxygen atoms in total. The molecule has 0 aliphatic rings. The summed E-state index contributed by atoms with van der Waals surface area (Å²) in [5, 5.41) is 19.9. The van der Waals surface area contributed by atoms with E-state index in [0.29, 0.717) is 12.8 Å². The van der Waals surface area contributed by atoms with Gasteiger partial charge in [-0.3, -0.25) is 0 Å². The summed E-state index contributed by atoms with van der Waals surface area (Å²) in [6.07, 6.45) is 2.53. The van der Waals surface area contributed by atoms with E-state index >= 15 is 0 Å². The van der Waals surface area contributed by atoms with Crippen molar-refractivity contribution in [2.24, 2.45) is 5.16 Å². The molecule has 0 bridgehead atoms. The Kier molecular flexibility index (Phi) is 4.47. The van der Waals surface area contributed by atoms with Crippen LogP contribution in [0, 0.1) is 0 Å². The molecular weight excluding hydrogens is 208 g/mol. The molecule has 1 aromatic rings. The van der Waals surface area contributed by atoms with Crippen LogP contribution in [0.3, 0.4) is 0 Å². The minimum absolute atomic E-state index is 0.517. The number of aryl methyl sites for hydroxylation is 1. The zero-order valence-corrected chi connectivity index (χ0v) is 8.84. The molecule has 0 saturated heterocycles. The van der Waals surface area contributed by atoms with Crippen LogP contribution in [-0.2, 0) is 11.2 Å². The van der Waals surface area contributed by atoms with Crippen molar-refractivity contribution < 1.29 is 20.8 Å². The number of benzene rings is 1. The maximum absolute atomic E-state index is 10.6. The second-order valence-electron chi connectivity index (χ2n) is 3.56. The van der Waals surface area contributed by atoms with Crippen LogP contribution < -0.4 is 5.73 Å². The predicted octanol–water partition coefficient (Wildman–Crippen LogP) is 0.122. The van der Waals surface area contributed by atoms with Crippen molar-refractivity contribution in [3.63, 3.8) is 0 Å². The van der Waals surface area contributed by atoms with E-state index in [-0.39, 0.29) is 0 Å². The van der Waals surface area contributed by atoms with Crippen molar-refractivity contribution in [2.45, 2.75) is 18.9 Å². The molecule has 0 spiro atoms. The lowest BCUT2D eigenvalue weighted by atomic mass is 10.0. The molecule has 1 atom stereocenters. The Hall–Kier alpha value is -1.88. The molecule has 1 unspecified atom stereocenters. The third kappa shape index (κ3) is 3.70. The van der Waals surface area contributed by atoms with Crippen molar-refractivity contribution in [3.8, 4) is 0 Å². The minimum atomic E-state index is -0.871. The molecule has 0 amide bonds. The van der Waals surface area contributed by atoms with Gasteiger partial charge in [-0.2, -0.15) is 0 Å². The average molecular weight is 223 g/mol. The van der Waals surface area contributed by atoms with Crippen molar-refractivity contribution in [2.75, 3.05) is 0 Å². The van der Waals surface area contributed by atoms with Crippen LogP contribution in [0.5, 0.6) is 0 Å². The van der Waals surface area contributed by atoms with Crippen LogP contribution >= 0.6 is 0 Å². The first-order chi connectivity index (χ1) is 7.63. The van der Waals surface area contributed by atoms with Crippen LogP contribution in [0.2, 0.25) is 0 Å². The fourth-order valence-electron chi connectivity index (χ4n) is 1.30. The quantitative estimate of drug-likeness (QED) is 0.376. The van der Waals surface area contributed by atoms with Crippen molar-refractivity contribution in [1.82, 2.24) is 0 Å². The number of hydrogen-bond acceptors (Lipinski definition) is 3. The fourth-order valence-corrected chi connectivity index (χ4v) is 1.30. The molecule has 5 heteroatoms. The lowest BCUT2D eigenvalue weighted by Crippen LogP contribution is -2.65. The number of nitrogens with zero attached hydrogens (tertiary/aromatic N) is 1. The summed E-state index contributed by atoms with van der Waals surface area (Å²) in [4.78, 5) is 10.6. The highest BCUT2D eigenvalue weighted by molar-refractivity contribution is 5.78. The van der Waals surface area contributed by atoms with E-state index in [1.807, 2.05) is 24.3 Å². The zero-order chi connectivity index (χ0) is 12.0. The first-order valence-corrected chi connectivity index (χ1v) is 4.95. The van der Waals surface area contributed by atoms with Crippen molar-refractivity contribution >= 4 is 12.2 Å². The van der Waals surface area contributed by atoms with Gasteiger partial charge < -0.3 is 16.0 Å². The molecule has 0 saturated carbocycles. The highest BCUT2D eigenvalue weighted by Gasteiger charge is 2.14. The molecule has 5 N–H and O–H groups in total. The molecule has 0 heterocycles. The maximum Gasteiger partial charge on any atom is 0.362 e. The number of oxime groups is 1. The second kappa shape index (κ2) is 5.87. The molecule has 0 aliphatic carbocycles. The van der Waals surface area contributed by atoms with E-state index in [1.165, 1.54) is 6.21 Å². The first kappa shape index (κ1) is 12.2. The minimum Gasteiger partial charge on any atom is -0.477 e. The summed E-state index contributed by atoms with van der Waals surface area (Å²) < 4.78 is 0. The summed E-state index contributed by atoms with van der Waals surface area (Å²) in [6, 6.07) is 6.82. The Labute approximate surface area is 93.2 Å². The normalized spacial score (nSPS) is 12.8. The van der Waals surface area contributed by atoms with E-state index in [0.717, 1.165) is 11.1 Å². The summed E-state index contributed by atoms with van der Waals surface area (Å²) >= 11 is 0. The molecular formula is C11H15N2O3+. The molecule has 1 rings (SSSR count). The van der Waals surface area contributed by atoms with Gasteiger partial charge in [0.05, 0.1) is 6.21 Å². The monoisotopic (exact) mass is 223 g/mol. The number of carboxylic acids is 1. The molecule has 0 radical (unpaired) electrons. The van der Waals surface area contributed by atoms with Gasteiger partial charge in [0, 0.05) is 6.42 Å². The molecule has 86 valence electrons.